The van der Waals surface area contributed by atoms with E-state index in [4.69, 9.17) is 0 Å². The smallest absolute Gasteiger partial charge is 0.314 e. The van der Waals surface area contributed by atoms with Crippen molar-refractivity contribution in [3.8, 4) is 0 Å². The number of carbonyl (C=O) groups excluding carboxylic acids is 1. The molecule has 2 aliphatic rings. The Morgan fingerprint density at radius 1 is 1.15 bits per heavy atom. The van der Waals surface area contributed by atoms with Crippen LogP contribution in [0.15, 0.2) is 0 Å². The highest BCUT2D eigenvalue weighted by molar-refractivity contribution is 5.74. The Balaban J connectivity index is 1.81. The van der Waals surface area contributed by atoms with Gasteiger partial charge < -0.3 is 10.6 Å². The van der Waals surface area contributed by atoms with E-state index in [1.807, 2.05) is 0 Å². The van der Waals surface area contributed by atoms with Crippen molar-refractivity contribution in [3.63, 3.8) is 0 Å². The lowest BCUT2D eigenvalue weighted by molar-refractivity contribution is 0.241. The molecular weight excluding hydrogens is 164 g/mol. The topological polar surface area (TPSA) is 41.1 Å². The molecule has 0 heterocycles. The van der Waals surface area contributed by atoms with Gasteiger partial charge in [0.1, 0.15) is 0 Å². The highest BCUT2D eigenvalue weighted by Crippen LogP contribution is 2.48. The molecule has 1 unspecified atom stereocenters. The van der Waals surface area contributed by atoms with Crippen molar-refractivity contribution in [1.29, 1.82) is 0 Å². The van der Waals surface area contributed by atoms with Crippen molar-refractivity contribution in [2.75, 3.05) is 7.05 Å². The quantitative estimate of drug-likeness (QED) is 0.634. The molecule has 0 aromatic carbocycles. The van der Waals surface area contributed by atoms with E-state index in [-0.39, 0.29) is 6.03 Å². The van der Waals surface area contributed by atoms with Crippen LogP contribution < -0.4 is 10.6 Å². The molecule has 2 amide bonds. The fourth-order valence-electron chi connectivity index (χ4n) is 2.61. The minimum absolute atomic E-state index is 0.0157. The predicted octanol–water partition coefficient (Wildman–Crippen LogP) is 1.49. The molecule has 0 spiro atoms. The molecule has 0 bridgehead atoms. The lowest BCUT2D eigenvalue weighted by Gasteiger charge is -2.04. The minimum atomic E-state index is -0.0157. The molecule has 3 heteroatoms. The van der Waals surface area contributed by atoms with Crippen molar-refractivity contribution >= 4 is 6.03 Å². The number of urea groups is 1. The molecule has 0 saturated heterocycles. The standard InChI is InChI=1S/C10H18N2O/c1-11-10(13)12-9-7-5-3-2-4-6-8(7)9/h7-9H,2-6H2,1H3,(H2,11,12,13)/t7-,8+,9?. The van der Waals surface area contributed by atoms with Crippen molar-refractivity contribution in [3.05, 3.63) is 0 Å². The zero-order chi connectivity index (χ0) is 9.26. The minimum Gasteiger partial charge on any atom is -0.341 e. The molecule has 0 aromatic rings. The number of rotatable bonds is 1. The molecule has 2 rings (SSSR count). The molecule has 2 aliphatic carbocycles. The van der Waals surface area contributed by atoms with Crippen LogP contribution in [-0.4, -0.2) is 19.1 Å². The van der Waals surface area contributed by atoms with Crippen LogP contribution in [0.3, 0.4) is 0 Å². The van der Waals surface area contributed by atoms with Gasteiger partial charge in [0.2, 0.25) is 0 Å². The van der Waals surface area contributed by atoms with Gasteiger partial charge in [0.25, 0.3) is 0 Å². The first kappa shape index (κ1) is 8.85. The maximum absolute atomic E-state index is 11.1. The summed E-state index contributed by atoms with van der Waals surface area (Å²) < 4.78 is 0. The highest BCUT2D eigenvalue weighted by Gasteiger charge is 2.50. The molecule has 2 saturated carbocycles. The number of hydrogen-bond donors (Lipinski definition) is 2. The largest absolute Gasteiger partial charge is 0.341 e. The summed E-state index contributed by atoms with van der Waals surface area (Å²) in [4.78, 5) is 11.1. The average Bonchev–Trinajstić information content (AvgIpc) is 2.82. The van der Waals surface area contributed by atoms with Crippen molar-refractivity contribution < 1.29 is 4.79 Å². The van der Waals surface area contributed by atoms with Gasteiger partial charge in [0.15, 0.2) is 0 Å². The molecule has 74 valence electrons. The highest BCUT2D eigenvalue weighted by atomic mass is 16.2. The third-order valence-corrected chi connectivity index (χ3v) is 3.43. The van der Waals surface area contributed by atoms with E-state index < -0.39 is 0 Å². The van der Waals surface area contributed by atoms with E-state index in [0.29, 0.717) is 6.04 Å². The zero-order valence-corrected chi connectivity index (χ0v) is 8.18. The second-order valence-electron chi connectivity index (χ2n) is 4.21. The molecule has 0 radical (unpaired) electrons. The van der Waals surface area contributed by atoms with Crippen LogP contribution in [0.25, 0.3) is 0 Å². The second kappa shape index (κ2) is 3.56. The summed E-state index contributed by atoms with van der Waals surface area (Å²) in [5.41, 5.74) is 0. The Kier molecular flexibility index (Phi) is 2.42. The van der Waals surface area contributed by atoms with Gasteiger partial charge in [-0.15, -0.1) is 0 Å². The van der Waals surface area contributed by atoms with E-state index in [1.54, 1.807) is 7.05 Å². The average molecular weight is 182 g/mol. The molecular formula is C10H18N2O. The Bertz CT molecular complexity index is 193. The van der Waals surface area contributed by atoms with E-state index in [9.17, 15) is 4.79 Å². The van der Waals surface area contributed by atoms with Crippen LogP contribution in [0.1, 0.15) is 32.1 Å². The normalized spacial score (nSPS) is 37.2. The monoisotopic (exact) mass is 182 g/mol. The van der Waals surface area contributed by atoms with E-state index in [2.05, 4.69) is 10.6 Å². The summed E-state index contributed by atoms with van der Waals surface area (Å²) in [6.07, 6.45) is 6.73. The maximum atomic E-state index is 11.1. The van der Waals surface area contributed by atoms with Crippen LogP contribution in [0.5, 0.6) is 0 Å². The third kappa shape index (κ3) is 1.79. The molecule has 3 nitrogen and oxygen atoms in total. The predicted molar refractivity (Wildman–Crippen MR) is 51.4 cm³/mol. The summed E-state index contributed by atoms with van der Waals surface area (Å²) >= 11 is 0. The van der Waals surface area contributed by atoms with Crippen LogP contribution >= 0.6 is 0 Å². The molecule has 13 heavy (non-hydrogen) atoms. The first-order valence-corrected chi connectivity index (χ1v) is 5.31. The third-order valence-electron chi connectivity index (χ3n) is 3.43. The van der Waals surface area contributed by atoms with Gasteiger partial charge in [0.05, 0.1) is 0 Å². The Labute approximate surface area is 79.3 Å². The van der Waals surface area contributed by atoms with Gasteiger partial charge in [-0.2, -0.15) is 0 Å². The van der Waals surface area contributed by atoms with Crippen LogP contribution in [0.4, 0.5) is 4.79 Å². The van der Waals surface area contributed by atoms with Crippen LogP contribution in [0.2, 0.25) is 0 Å². The van der Waals surface area contributed by atoms with Crippen LogP contribution in [0, 0.1) is 11.8 Å². The molecule has 0 aliphatic heterocycles. The van der Waals surface area contributed by atoms with Crippen molar-refractivity contribution in [2.24, 2.45) is 11.8 Å². The Hall–Kier alpha value is -0.730. The molecule has 0 aromatic heterocycles. The molecule has 3 atom stereocenters. The summed E-state index contributed by atoms with van der Waals surface area (Å²) in [5, 5.41) is 5.63. The summed E-state index contributed by atoms with van der Waals surface area (Å²) in [5.74, 6) is 1.58. The van der Waals surface area contributed by atoms with E-state index >= 15 is 0 Å². The Morgan fingerprint density at radius 3 is 2.31 bits per heavy atom. The van der Waals surface area contributed by atoms with E-state index in [0.717, 1.165) is 11.8 Å². The van der Waals surface area contributed by atoms with Crippen molar-refractivity contribution in [1.82, 2.24) is 10.6 Å². The molecule has 2 N–H and O–H groups in total. The van der Waals surface area contributed by atoms with Gasteiger partial charge in [-0.1, -0.05) is 19.3 Å². The second-order valence-corrected chi connectivity index (χ2v) is 4.21. The van der Waals surface area contributed by atoms with Gasteiger partial charge in [-0.25, -0.2) is 4.79 Å². The lowest BCUT2D eigenvalue weighted by atomic mass is 10.1. The van der Waals surface area contributed by atoms with Crippen LogP contribution in [-0.2, 0) is 0 Å². The zero-order valence-electron chi connectivity index (χ0n) is 8.18. The Morgan fingerprint density at radius 2 is 1.77 bits per heavy atom. The van der Waals surface area contributed by atoms with Gasteiger partial charge in [-0.3, -0.25) is 0 Å². The lowest BCUT2D eigenvalue weighted by Crippen LogP contribution is -2.35. The fourth-order valence-corrected chi connectivity index (χ4v) is 2.61. The molecule has 2 fully saturated rings. The fraction of sp³-hybridized carbons (Fsp3) is 0.900. The summed E-state index contributed by atoms with van der Waals surface area (Å²) in [6, 6.07) is 0.471. The number of amides is 2. The number of hydrogen-bond acceptors (Lipinski definition) is 1. The van der Waals surface area contributed by atoms with Crippen molar-refractivity contribution in [2.45, 2.75) is 38.1 Å². The SMILES string of the molecule is CNC(=O)NC1[C@H]2CCCCC[C@@H]12. The van der Waals surface area contributed by atoms with Gasteiger partial charge in [0, 0.05) is 13.1 Å². The number of nitrogens with one attached hydrogen (secondary N) is 2. The first-order chi connectivity index (χ1) is 6.33. The summed E-state index contributed by atoms with van der Waals surface area (Å²) in [6.45, 7) is 0. The number of fused-ring (bicyclic) bond motifs is 1. The maximum Gasteiger partial charge on any atom is 0.314 e. The number of carbonyl (C=O) groups is 1. The summed E-state index contributed by atoms with van der Waals surface area (Å²) in [7, 11) is 1.67. The van der Waals surface area contributed by atoms with E-state index in [1.165, 1.54) is 32.1 Å². The van der Waals surface area contributed by atoms with Gasteiger partial charge >= 0.3 is 6.03 Å². The first-order valence-electron chi connectivity index (χ1n) is 5.31. The van der Waals surface area contributed by atoms with Gasteiger partial charge in [-0.05, 0) is 24.7 Å².